The van der Waals surface area contributed by atoms with E-state index in [-0.39, 0.29) is 52.4 Å². The summed E-state index contributed by atoms with van der Waals surface area (Å²) in [5, 5.41) is 13.4. The third-order valence-corrected chi connectivity index (χ3v) is 9.85. The first-order valence-electron chi connectivity index (χ1n) is 13.7. The van der Waals surface area contributed by atoms with E-state index in [1.807, 2.05) is 0 Å². The molecule has 1 aliphatic rings. The first kappa shape index (κ1) is 34.4. The lowest BCUT2D eigenvalue weighted by Gasteiger charge is -2.31. The zero-order valence-electron chi connectivity index (χ0n) is 24.5. The van der Waals surface area contributed by atoms with Crippen LogP contribution in [0.3, 0.4) is 0 Å². The number of aliphatic carboxylic acids is 1. The fraction of sp³-hybridized carbons (Fsp3) is 0.519. The van der Waals surface area contributed by atoms with Crippen molar-refractivity contribution in [3.05, 3.63) is 35.3 Å². The third-order valence-electron chi connectivity index (χ3n) is 7.30. The summed E-state index contributed by atoms with van der Waals surface area (Å²) in [5.74, 6) is -4.78. The SMILES string of the molecule is CC[C@H](NS(=O)(=O)c1ccc(-c2sc(-c3noc(CC(C)(C)C(=O)O)n3)nc2C(=O)N2CCC(F)(F)CC2)c(C)c1)C(F)(F)F. The highest BCUT2D eigenvalue weighted by Crippen LogP contribution is 2.39. The first-order chi connectivity index (χ1) is 20.7. The molecule has 0 spiro atoms. The number of alkyl halides is 5. The van der Waals surface area contributed by atoms with Gasteiger partial charge in [0, 0.05) is 32.4 Å². The molecule has 3 heterocycles. The molecule has 11 nitrogen and oxygen atoms in total. The highest BCUT2D eigenvalue weighted by molar-refractivity contribution is 7.89. The summed E-state index contributed by atoms with van der Waals surface area (Å²) in [7, 11) is -4.59. The third kappa shape index (κ3) is 7.66. The Morgan fingerprint density at radius 1 is 1.18 bits per heavy atom. The van der Waals surface area contributed by atoms with Crippen LogP contribution in [0.15, 0.2) is 27.6 Å². The van der Waals surface area contributed by atoms with E-state index in [1.54, 1.807) is 4.72 Å². The van der Waals surface area contributed by atoms with Gasteiger partial charge in [0.1, 0.15) is 11.7 Å². The Kier molecular flexibility index (Phi) is 9.43. The molecule has 0 bridgehead atoms. The van der Waals surface area contributed by atoms with Gasteiger partial charge in [-0.2, -0.15) is 22.9 Å². The van der Waals surface area contributed by atoms with E-state index >= 15 is 0 Å². The molecule has 45 heavy (non-hydrogen) atoms. The lowest BCUT2D eigenvalue weighted by molar-refractivity contribution is -0.151. The highest BCUT2D eigenvalue weighted by atomic mass is 32.2. The molecule has 1 aliphatic heterocycles. The van der Waals surface area contributed by atoms with E-state index in [1.165, 1.54) is 38.7 Å². The van der Waals surface area contributed by atoms with Gasteiger partial charge in [0.2, 0.25) is 21.7 Å². The number of likely N-dealkylation sites (tertiary alicyclic amines) is 1. The number of aryl methyl sites for hydroxylation is 1. The van der Waals surface area contributed by atoms with Gasteiger partial charge in [0.15, 0.2) is 5.01 Å². The Hall–Kier alpha value is -3.51. The van der Waals surface area contributed by atoms with E-state index in [4.69, 9.17) is 4.52 Å². The van der Waals surface area contributed by atoms with Crippen molar-refractivity contribution in [1.82, 2.24) is 24.7 Å². The number of aromatic nitrogens is 3. The summed E-state index contributed by atoms with van der Waals surface area (Å²) in [5.41, 5.74) is -0.815. The number of rotatable bonds is 10. The largest absolute Gasteiger partial charge is 0.481 e. The van der Waals surface area contributed by atoms with Gasteiger partial charge in [-0.3, -0.25) is 9.59 Å². The maximum atomic E-state index is 13.8. The van der Waals surface area contributed by atoms with Crippen LogP contribution in [0, 0.1) is 12.3 Å². The number of piperidine rings is 1. The fourth-order valence-corrected chi connectivity index (χ4v) is 6.96. The van der Waals surface area contributed by atoms with Crippen molar-refractivity contribution in [2.75, 3.05) is 13.1 Å². The summed E-state index contributed by atoms with van der Waals surface area (Å²) in [6.45, 7) is 5.13. The zero-order chi connectivity index (χ0) is 33.5. The molecule has 1 aromatic carbocycles. The van der Waals surface area contributed by atoms with Crippen molar-refractivity contribution in [3.63, 3.8) is 0 Å². The van der Waals surface area contributed by atoms with E-state index < -0.39 is 69.6 Å². The smallest absolute Gasteiger partial charge is 0.404 e. The average Bonchev–Trinajstić information content (AvgIpc) is 3.57. The van der Waals surface area contributed by atoms with Gasteiger partial charge in [-0.1, -0.05) is 18.1 Å². The van der Waals surface area contributed by atoms with Crippen molar-refractivity contribution >= 4 is 33.2 Å². The van der Waals surface area contributed by atoms with Crippen molar-refractivity contribution in [1.29, 1.82) is 0 Å². The molecular formula is C27H30F5N5O6S2. The number of carboxylic acids is 1. The lowest BCUT2D eigenvalue weighted by Crippen LogP contribution is -2.44. The quantitative estimate of drug-likeness (QED) is 0.271. The zero-order valence-corrected chi connectivity index (χ0v) is 26.2. The van der Waals surface area contributed by atoms with E-state index in [2.05, 4.69) is 15.1 Å². The number of nitrogens with zero attached hydrogens (tertiary/aromatic N) is 4. The number of hydrogen-bond donors (Lipinski definition) is 2. The van der Waals surface area contributed by atoms with Crippen LogP contribution in [0.1, 0.15) is 62.0 Å². The number of hydrogen-bond acceptors (Lipinski definition) is 9. The average molecular weight is 680 g/mol. The van der Waals surface area contributed by atoms with Crippen molar-refractivity contribution in [2.24, 2.45) is 5.41 Å². The summed E-state index contributed by atoms with van der Waals surface area (Å²) in [6.07, 6.45) is -6.54. The minimum Gasteiger partial charge on any atom is -0.481 e. The molecule has 1 amide bonds. The first-order valence-corrected chi connectivity index (χ1v) is 16.0. The molecule has 2 N–H and O–H groups in total. The van der Waals surface area contributed by atoms with Crippen LogP contribution in [0.2, 0.25) is 0 Å². The molecule has 1 atom stereocenters. The fourth-order valence-electron chi connectivity index (χ4n) is 4.49. The van der Waals surface area contributed by atoms with Gasteiger partial charge in [0.25, 0.3) is 11.8 Å². The second-order valence-electron chi connectivity index (χ2n) is 11.3. The number of halogens is 5. The molecule has 1 fully saturated rings. The van der Waals surface area contributed by atoms with Crippen LogP contribution in [0.4, 0.5) is 22.0 Å². The molecule has 0 aliphatic carbocycles. The molecule has 0 saturated carbocycles. The van der Waals surface area contributed by atoms with E-state index in [0.29, 0.717) is 5.56 Å². The summed E-state index contributed by atoms with van der Waals surface area (Å²) in [6, 6.07) is 1.25. The number of thiazole rings is 1. The van der Waals surface area contributed by atoms with Gasteiger partial charge in [0.05, 0.1) is 15.2 Å². The minimum atomic E-state index is -4.80. The Morgan fingerprint density at radius 3 is 2.38 bits per heavy atom. The number of benzene rings is 1. The van der Waals surface area contributed by atoms with Gasteiger partial charge in [-0.25, -0.2) is 22.2 Å². The normalized spacial score (nSPS) is 16.5. The molecule has 1 saturated heterocycles. The number of carbonyl (C=O) groups is 2. The maximum Gasteiger partial charge on any atom is 0.404 e. The second kappa shape index (κ2) is 12.4. The van der Waals surface area contributed by atoms with Crippen molar-refractivity contribution in [3.8, 4) is 21.3 Å². The number of carboxylic acid groups (broad SMARTS) is 1. The molecule has 18 heteroatoms. The monoisotopic (exact) mass is 679 g/mol. The molecule has 4 rings (SSSR count). The van der Waals surface area contributed by atoms with Gasteiger partial charge < -0.3 is 14.5 Å². The molecular weight excluding hydrogens is 649 g/mol. The van der Waals surface area contributed by atoms with Gasteiger partial charge in [-0.05, 0) is 50.5 Å². The maximum absolute atomic E-state index is 13.8. The lowest BCUT2D eigenvalue weighted by atomic mass is 9.90. The molecule has 3 aromatic rings. The van der Waals surface area contributed by atoms with Crippen LogP contribution in [0.25, 0.3) is 21.3 Å². The predicted octanol–water partition coefficient (Wildman–Crippen LogP) is 5.31. The van der Waals surface area contributed by atoms with Crippen molar-refractivity contribution < 1.29 is 49.6 Å². The number of nitrogens with one attached hydrogen (secondary N) is 1. The predicted molar refractivity (Wildman–Crippen MR) is 151 cm³/mol. The van der Waals surface area contributed by atoms with Crippen LogP contribution >= 0.6 is 11.3 Å². The minimum absolute atomic E-state index is 0.0113. The Balaban J connectivity index is 1.74. The van der Waals surface area contributed by atoms with Crippen LogP contribution in [-0.4, -0.2) is 76.7 Å². The van der Waals surface area contributed by atoms with Crippen molar-refractivity contribution in [2.45, 2.75) is 76.4 Å². The standard InChI is InChI=1S/C27H30F5N5O6S2/c1-5-17(27(30,31)32)36-45(41,42)15-6-7-16(14(2)12-15)20-19(23(38)37-10-8-26(28,29)9-11-37)34-22(44-20)21-33-18(43-35-21)13-25(3,4)24(39)40/h6-7,12,17,36H,5,8-11,13H2,1-4H3,(H,39,40)/t17-/m0/s1. The number of carbonyl (C=O) groups excluding carboxylic acids is 1. The molecule has 0 unspecified atom stereocenters. The highest BCUT2D eigenvalue weighted by Gasteiger charge is 2.41. The summed E-state index contributed by atoms with van der Waals surface area (Å²) >= 11 is 0.919. The Labute approximate surface area is 258 Å². The van der Waals surface area contributed by atoms with E-state index in [9.17, 15) is 45.1 Å². The summed E-state index contributed by atoms with van der Waals surface area (Å²) < 4.78 is 99.9. The Bertz CT molecular complexity index is 1690. The Morgan fingerprint density at radius 2 is 1.82 bits per heavy atom. The number of amides is 1. The van der Waals surface area contributed by atoms with E-state index in [0.717, 1.165) is 23.5 Å². The van der Waals surface area contributed by atoms with Gasteiger partial charge in [-0.15, -0.1) is 11.3 Å². The van der Waals surface area contributed by atoms with Crippen LogP contribution in [0.5, 0.6) is 0 Å². The van der Waals surface area contributed by atoms with Crippen LogP contribution in [-0.2, 0) is 21.2 Å². The van der Waals surface area contributed by atoms with Gasteiger partial charge >= 0.3 is 12.1 Å². The molecule has 0 radical (unpaired) electrons. The van der Waals surface area contributed by atoms with Crippen LogP contribution < -0.4 is 4.72 Å². The topological polar surface area (TPSA) is 156 Å². The molecule has 246 valence electrons. The molecule has 2 aromatic heterocycles. The number of sulfonamides is 1. The second-order valence-corrected chi connectivity index (χ2v) is 14.0. The summed E-state index contributed by atoms with van der Waals surface area (Å²) in [4.78, 5) is 34.7.